The normalized spacial score (nSPS) is 15.9. The van der Waals surface area contributed by atoms with Crippen LogP contribution >= 0.6 is 0 Å². The van der Waals surface area contributed by atoms with E-state index in [1.165, 1.54) is 29.1 Å². The average molecular weight is 491 g/mol. The summed E-state index contributed by atoms with van der Waals surface area (Å²) in [6.07, 6.45) is 8.59. The van der Waals surface area contributed by atoms with E-state index >= 15 is 0 Å². The molecule has 1 heterocycles. The molecule has 0 unspecified atom stereocenters. The van der Waals surface area contributed by atoms with E-state index in [-0.39, 0.29) is 23.0 Å². The number of amides is 1. The second kappa shape index (κ2) is 9.76. The van der Waals surface area contributed by atoms with Gasteiger partial charge in [0.25, 0.3) is 11.5 Å². The number of aryl methyl sites for hydroxylation is 1. The topological polar surface area (TPSA) is 85.2 Å². The van der Waals surface area contributed by atoms with Crippen molar-refractivity contribution >= 4 is 11.7 Å². The van der Waals surface area contributed by atoms with E-state index in [9.17, 15) is 14.0 Å². The molecule has 0 bridgehead atoms. The highest BCUT2D eigenvalue weighted by Gasteiger charge is 2.47. The van der Waals surface area contributed by atoms with Crippen molar-refractivity contribution in [1.29, 1.82) is 0 Å². The van der Waals surface area contributed by atoms with E-state index < -0.39 is 17.3 Å². The van der Waals surface area contributed by atoms with Gasteiger partial charge in [0.15, 0.2) is 5.82 Å². The van der Waals surface area contributed by atoms with E-state index in [0.29, 0.717) is 17.9 Å². The van der Waals surface area contributed by atoms with Crippen LogP contribution < -0.4 is 20.9 Å². The molecule has 0 aliphatic heterocycles. The number of rotatable bonds is 10. The monoisotopic (exact) mass is 490 g/mol. The van der Waals surface area contributed by atoms with E-state index in [2.05, 4.69) is 22.5 Å². The number of hydrogen-bond donors (Lipinski definition) is 2. The number of nitrogens with one attached hydrogen (secondary N) is 2. The van der Waals surface area contributed by atoms with Crippen LogP contribution in [0.15, 0.2) is 53.6 Å². The van der Waals surface area contributed by atoms with Gasteiger partial charge in [0, 0.05) is 24.0 Å². The Kier molecular flexibility index (Phi) is 6.51. The van der Waals surface area contributed by atoms with E-state index in [1.54, 1.807) is 6.92 Å². The van der Waals surface area contributed by atoms with Crippen LogP contribution in [0.5, 0.6) is 5.75 Å². The lowest BCUT2D eigenvalue weighted by Gasteiger charge is -2.22. The first-order valence-corrected chi connectivity index (χ1v) is 12.6. The van der Waals surface area contributed by atoms with Crippen LogP contribution in [-0.2, 0) is 5.54 Å². The Labute approximate surface area is 209 Å². The molecule has 1 amide bonds. The van der Waals surface area contributed by atoms with Crippen molar-refractivity contribution in [2.24, 2.45) is 0 Å². The molecule has 188 valence electrons. The maximum absolute atomic E-state index is 14.6. The lowest BCUT2D eigenvalue weighted by atomic mass is 10.0. The molecule has 0 spiro atoms. The third kappa shape index (κ3) is 4.85. The molecule has 2 saturated carbocycles. The van der Waals surface area contributed by atoms with Gasteiger partial charge in [0.05, 0.1) is 23.4 Å². The highest BCUT2D eigenvalue weighted by molar-refractivity contribution is 5.95. The largest absolute Gasteiger partial charge is 0.493 e. The quantitative estimate of drug-likeness (QED) is 0.397. The smallest absolute Gasteiger partial charge is 0.297 e. The number of anilines is 1. The number of carbonyl (C=O) groups is 1. The van der Waals surface area contributed by atoms with Gasteiger partial charge in [0.1, 0.15) is 11.6 Å². The highest BCUT2D eigenvalue weighted by atomic mass is 19.1. The van der Waals surface area contributed by atoms with Crippen molar-refractivity contribution in [1.82, 2.24) is 14.9 Å². The number of aromatic nitrogens is 2. The zero-order chi connectivity index (χ0) is 25.3. The van der Waals surface area contributed by atoms with Crippen molar-refractivity contribution in [2.75, 3.05) is 11.9 Å². The zero-order valence-electron chi connectivity index (χ0n) is 20.6. The predicted molar refractivity (Wildman–Crippen MR) is 136 cm³/mol. The van der Waals surface area contributed by atoms with E-state index in [4.69, 9.17) is 4.74 Å². The maximum atomic E-state index is 14.6. The molecule has 8 heteroatoms. The molecule has 2 fully saturated rings. The fourth-order valence-corrected chi connectivity index (χ4v) is 4.40. The number of unbranched alkanes of at least 4 members (excludes halogenated alkanes) is 1. The van der Waals surface area contributed by atoms with Crippen molar-refractivity contribution in [3.8, 4) is 11.4 Å². The number of halogens is 1. The summed E-state index contributed by atoms with van der Waals surface area (Å²) in [5.74, 6) is -0.0567. The lowest BCUT2D eigenvalue weighted by molar-refractivity contribution is 0.0947. The van der Waals surface area contributed by atoms with Crippen LogP contribution in [0.3, 0.4) is 0 Å². The van der Waals surface area contributed by atoms with Crippen molar-refractivity contribution in [3.05, 3.63) is 81.7 Å². The third-order valence-electron chi connectivity index (χ3n) is 6.81. The molecule has 0 radical (unpaired) electrons. The molecule has 2 N–H and O–H groups in total. The summed E-state index contributed by atoms with van der Waals surface area (Å²) in [4.78, 5) is 30.4. The van der Waals surface area contributed by atoms with Crippen molar-refractivity contribution < 1.29 is 13.9 Å². The van der Waals surface area contributed by atoms with Crippen molar-refractivity contribution in [2.45, 2.75) is 64.0 Å². The van der Waals surface area contributed by atoms with Gasteiger partial charge >= 0.3 is 0 Å². The van der Waals surface area contributed by atoms with E-state index in [0.717, 1.165) is 49.8 Å². The van der Waals surface area contributed by atoms with Gasteiger partial charge in [-0.05, 0) is 62.8 Å². The molecular weight excluding hydrogens is 459 g/mol. The Morgan fingerprint density at radius 2 is 2.03 bits per heavy atom. The van der Waals surface area contributed by atoms with Gasteiger partial charge in [-0.15, -0.1) is 0 Å². The average Bonchev–Trinajstić information content (AvgIpc) is 3.79. The molecule has 3 aromatic rings. The Morgan fingerprint density at radius 3 is 2.75 bits per heavy atom. The number of benzene rings is 2. The first-order chi connectivity index (χ1) is 17.4. The molecule has 0 saturated heterocycles. The first kappa shape index (κ1) is 24.0. The fraction of sp³-hybridized carbons (Fsp3) is 0.393. The van der Waals surface area contributed by atoms with Crippen molar-refractivity contribution in [3.63, 3.8) is 0 Å². The number of carbonyl (C=O) groups excluding carboxylic acids is 1. The predicted octanol–water partition coefficient (Wildman–Crippen LogP) is 4.85. The summed E-state index contributed by atoms with van der Waals surface area (Å²) in [5.41, 5.74) is 1.14. The second-order valence-corrected chi connectivity index (χ2v) is 9.72. The highest BCUT2D eigenvalue weighted by Crippen LogP contribution is 2.50. The van der Waals surface area contributed by atoms with Crippen LogP contribution in [0.2, 0.25) is 0 Å². The Bertz CT molecular complexity index is 1340. The molecule has 7 nitrogen and oxygen atoms in total. The SMILES string of the molecule is CCCCOc1ccccc1C1(Nc2nccn(-c3cc(C(=O)NC4CC4)c(F)cc3C)c2=O)CC1. The molecule has 36 heavy (non-hydrogen) atoms. The van der Waals surface area contributed by atoms with Gasteiger partial charge in [-0.3, -0.25) is 14.2 Å². The summed E-state index contributed by atoms with van der Waals surface area (Å²) in [5, 5.41) is 6.19. The fourth-order valence-electron chi connectivity index (χ4n) is 4.40. The van der Waals surface area contributed by atoms with Gasteiger partial charge < -0.3 is 15.4 Å². The number of para-hydroxylation sites is 1. The van der Waals surface area contributed by atoms with Gasteiger partial charge in [-0.2, -0.15) is 0 Å². The summed E-state index contributed by atoms with van der Waals surface area (Å²) >= 11 is 0. The van der Waals surface area contributed by atoms with Crippen LogP contribution in [-0.4, -0.2) is 28.1 Å². The molecule has 2 aliphatic carbocycles. The first-order valence-electron chi connectivity index (χ1n) is 12.6. The molecule has 0 atom stereocenters. The van der Waals surface area contributed by atoms with Gasteiger partial charge in [0.2, 0.25) is 0 Å². The Morgan fingerprint density at radius 1 is 1.25 bits per heavy atom. The van der Waals surface area contributed by atoms with Gasteiger partial charge in [-0.1, -0.05) is 31.5 Å². The lowest BCUT2D eigenvalue weighted by Crippen LogP contribution is -2.30. The second-order valence-electron chi connectivity index (χ2n) is 9.72. The summed E-state index contributed by atoms with van der Waals surface area (Å²) in [6, 6.07) is 10.7. The van der Waals surface area contributed by atoms with Crippen LogP contribution in [0.4, 0.5) is 10.2 Å². The molecular formula is C28H31FN4O3. The summed E-state index contributed by atoms with van der Waals surface area (Å²) in [7, 11) is 0. The van der Waals surface area contributed by atoms with Crippen LogP contribution in [0.1, 0.15) is 66.9 Å². The molecule has 2 aliphatic rings. The maximum Gasteiger partial charge on any atom is 0.297 e. The zero-order valence-corrected chi connectivity index (χ0v) is 20.6. The van der Waals surface area contributed by atoms with Crippen LogP contribution in [0.25, 0.3) is 5.69 Å². The van der Waals surface area contributed by atoms with Crippen LogP contribution in [0, 0.1) is 12.7 Å². The minimum Gasteiger partial charge on any atom is -0.493 e. The Hall–Kier alpha value is -3.68. The number of ether oxygens (including phenoxy) is 1. The summed E-state index contributed by atoms with van der Waals surface area (Å²) in [6.45, 7) is 4.48. The number of hydrogen-bond acceptors (Lipinski definition) is 5. The number of nitrogens with zero attached hydrogens (tertiary/aromatic N) is 2. The molecule has 2 aromatic carbocycles. The minimum absolute atomic E-state index is 0.0717. The molecule has 5 rings (SSSR count). The van der Waals surface area contributed by atoms with E-state index in [1.807, 2.05) is 24.3 Å². The Balaban J connectivity index is 1.45. The van der Waals surface area contributed by atoms with Gasteiger partial charge in [-0.25, -0.2) is 9.37 Å². The summed E-state index contributed by atoms with van der Waals surface area (Å²) < 4.78 is 22.1. The molecule has 1 aromatic heterocycles. The standard InChI is InChI=1S/C28H31FN4O3/c1-3-4-15-36-24-8-6-5-7-21(24)28(11-12-28)32-25-27(35)33(14-13-30-25)23-17-20(22(29)16-18(23)2)26(34)31-19-9-10-19/h5-8,13-14,16-17,19H,3-4,9-12,15H2,1-2H3,(H,30,32)(H,31,34). The third-order valence-corrected chi connectivity index (χ3v) is 6.81. The minimum atomic E-state index is -0.605.